The largest absolute Gasteiger partial charge is 0.382 e. The van der Waals surface area contributed by atoms with E-state index in [4.69, 9.17) is 28.5 Å². The van der Waals surface area contributed by atoms with Crippen LogP contribution in [0.15, 0.2) is 79.5 Å². The van der Waals surface area contributed by atoms with Gasteiger partial charge in [-0.25, -0.2) is 4.98 Å². The van der Waals surface area contributed by atoms with Gasteiger partial charge < -0.3 is 11.5 Å². The Morgan fingerprint density at radius 1 is 1.35 bits per heavy atom. The van der Waals surface area contributed by atoms with Crippen molar-refractivity contribution in [2.45, 2.75) is 19.9 Å². The molecule has 1 atom stereocenters. The van der Waals surface area contributed by atoms with Crippen LogP contribution in [-0.4, -0.2) is 39.3 Å². The molecule has 1 aromatic carbocycles. The van der Waals surface area contributed by atoms with Gasteiger partial charge in [0.05, 0.1) is 15.9 Å². The molecule has 0 bridgehead atoms. The summed E-state index contributed by atoms with van der Waals surface area (Å²) in [5.41, 5.74) is 12.1. The number of rotatable bonds is 6. The van der Waals surface area contributed by atoms with Gasteiger partial charge in [-0.05, 0) is 50.1 Å². The number of amidine groups is 2. The molecule has 34 heavy (non-hydrogen) atoms. The summed E-state index contributed by atoms with van der Waals surface area (Å²) < 4.78 is 1.37. The van der Waals surface area contributed by atoms with E-state index < -0.39 is 11.6 Å². The number of aliphatic imine (C=N–C) groups is 4. The Hall–Kier alpha value is -4.40. The van der Waals surface area contributed by atoms with Crippen LogP contribution in [0, 0.1) is 5.41 Å². The molecule has 5 N–H and O–H groups in total. The van der Waals surface area contributed by atoms with E-state index in [1.807, 2.05) is 0 Å². The van der Waals surface area contributed by atoms with Crippen LogP contribution in [0.2, 0.25) is 5.02 Å². The lowest BCUT2D eigenvalue weighted by atomic mass is 10.2. The summed E-state index contributed by atoms with van der Waals surface area (Å²) in [6.45, 7) is 7.34. The highest BCUT2D eigenvalue weighted by Crippen LogP contribution is 2.25. The van der Waals surface area contributed by atoms with Crippen molar-refractivity contribution in [2.24, 2.45) is 31.4 Å². The van der Waals surface area contributed by atoms with E-state index in [0.29, 0.717) is 11.2 Å². The minimum absolute atomic E-state index is 0.0302. The van der Waals surface area contributed by atoms with Gasteiger partial charge in [-0.1, -0.05) is 24.2 Å². The maximum atomic E-state index is 13.6. The monoisotopic (exact) mass is 475 g/mol. The molecular weight excluding hydrogens is 454 g/mol. The van der Waals surface area contributed by atoms with Crippen LogP contribution >= 0.6 is 11.6 Å². The van der Waals surface area contributed by atoms with E-state index in [1.54, 1.807) is 56.6 Å². The summed E-state index contributed by atoms with van der Waals surface area (Å²) in [4.78, 5) is 34.7. The van der Waals surface area contributed by atoms with Gasteiger partial charge in [0.15, 0.2) is 5.84 Å². The Morgan fingerprint density at radius 2 is 2.12 bits per heavy atom. The van der Waals surface area contributed by atoms with E-state index >= 15 is 0 Å². The Balaban J connectivity index is 2.31. The number of benzene rings is 1. The lowest BCUT2D eigenvalue weighted by molar-refractivity contribution is 0.705. The smallest absolute Gasteiger partial charge is 0.267 e. The van der Waals surface area contributed by atoms with Crippen LogP contribution in [0.1, 0.15) is 25.7 Å². The van der Waals surface area contributed by atoms with Crippen molar-refractivity contribution in [2.75, 3.05) is 0 Å². The van der Waals surface area contributed by atoms with Crippen molar-refractivity contribution in [3.05, 3.63) is 76.0 Å². The van der Waals surface area contributed by atoms with E-state index in [9.17, 15) is 4.79 Å². The fraction of sp³-hybridized carbons (Fsp3) is 0.130. The predicted molar refractivity (Wildman–Crippen MR) is 139 cm³/mol. The first-order chi connectivity index (χ1) is 16.3. The maximum absolute atomic E-state index is 13.6. The van der Waals surface area contributed by atoms with E-state index in [-0.39, 0.29) is 39.4 Å². The minimum atomic E-state index is -0.724. The molecule has 2 heterocycles. The van der Waals surface area contributed by atoms with E-state index in [0.717, 1.165) is 0 Å². The fourth-order valence-electron chi connectivity index (χ4n) is 3.19. The highest BCUT2D eigenvalue weighted by Gasteiger charge is 2.23. The molecule has 0 fully saturated rings. The maximum Gasteiger partial charge on any atom is 0.267 e. The SMILES string of the molecule is C=C/C(=C\C=C/N=CC)n1c(C(C)N=C2N=C(N)N=C(N)C2=C=N)nc2cccc(Cl)c2c1=O. The number of hydrogen-bond donors (Lipinski definition) is 3. The van der Waals surface area contributed by atoms with E-state index in [2.05, 4.69) is 37.4 Å². The molecule has 11 heteroatoms. The number of halogens is 1. The molecule has 0 saturated carbocycles. The van der Waals surface area contributed by atoms with Crippen LogP contribution in [0.25, 0.3) is 16.6 Å². The third kappa shape index (κ3) is 4.83. The fourth-order valence-corrected chi connectivity index (χ4v) is 3.44. The summed E-state index contributed by atoms with van der Waals surface area (Å²) in [7, 11) is 0. The van der Waals surface area contributed by atoms with Gasteiger partial charge in [-0.15, -0.1) is 0 Å². The molecular formula is C23H22ClN9O. The van der Waals surface area contributed by atoms with Gasteiger partial charge in [0.25, 0.3) is 5.56 Å². The van der Waals surface area contributed by atoms with Crippen molar-refractivity contribution in [3.63, 3.8) is 0 Å². The number of aromatic nitrogens is 2. The molecule has 2 aromatic rings. The molecule has 0 radical (unpaired) electrons. The molecule has 0 spiro atoms. The Bertz CT molecular complexity index is 1450. The third-order valence-corrected chi connectivity index (χ3v) is 4.99. The van der Waals surface area contributed by atoms with Crippen molar-refractivity contribution in [1.29, 1.82) is 5.41 Å². The first kappa shape index (κ1) is 24.2. The van der Waals surface area contributed by atoms with Crippen LogP contribution in [0.3, 0.4) is 0 Å². The van der Waals surface area contributed by atoms with Crippen LogP contribution in [0.5, 0.6) is 0 Å². The van der Waals surface area contributed by atoms with Crippen molar-refractivity contribution in [3.8, 4) is 0 Å². The molecule has 3 rings (SSSR count). The summed E-state index contributed by atoms with van der Waals surface area (Å²) in [6, 6.07) is 4.29. The predicted octanol–water partition coefficient (Wildman–Crippen LogP) is 3.00. The van der Waals surface area contributed by atoms with Crippen molar-refractivity contribution in [1.82, 2.24) is 9.55 Å². The summed E-state index contributed by atoms with van der Waals surface area (Å²) in [5, 5.41) is 8.05. The second-order valence-corrected chi connectivity index (χ2v) is 7.29. The van der Waals surface area contributed by atoms with Crippen LogP contribution in [0.4, 0.5) is 0 Å². The van der Waals surface area contributed by atoms with Crippen molar-refractivity contribution >= 4 is 57.9 Å². The van der Waals surface area contributed by atoms with E-state index in [1.165, 1.54) is 10.6 Å². The van der Waals surface area contributed by atoms with Gasteiger partial charge >= 0.3 is 0 Å². The first-order valence-electron chi connectivity index (χ1n) is 10.1. The Kier molecular flexibility index (Phi) is 7.47. The quantitative estimate of drug-likeness (QED) is 0.432. The standard InChI is InChI=1S/C23H22ClN9O/c1-4-14(8-7-11-28-5-2)33-21(30-17-10-6-9-16(24)18(17)22(33)34)13(3)29-20-15(12-25)19(26)31-23(27)32-20/h4-11,13,25H,1H2,2-3H3,(H4,26,27,29,31,32)/b11-7-,14-8+,28-5?. The topological polar surface area (TPSA) is 160 Å². The average Bonchev–Trinajstić information content (AvgIpc) is 2.79. The number of nitrogens with two attached hydrogens (primary N) is 2. The van der Waals surface area contributed by atoms with Crippen LogP contribution < -0.4 is 17.0 Å². The molecule has 0 amide bonds. The zero-order chi connectivity index (χ0) is 24.8. The number of nitrogens with zero attached hydrogens (tertiary/aromatic N) is 6. The zero-order valence-corrected chi connectivity index (χ0v) is 19.3. The summed E-state index contributed by atoms with van der Waals surface area (Å²) >= 11 is 6.33. The van der Waals surface area contributed by atoms with Gasteiger partial charge in [-0.3, -0.25) is 24.8 Å². The number of fused-ring (bicyclic) bond motifs is 1. The Labute approximate surface area is 200 Å². The highest BCUT2D eigenvalue weighted by molar-refractivity contribution is 6.35. The summed E-state index contributed by atoms with van der Waals surface area (Å²) in [6.07, 6.45) is 8.05. The van der Waals surface area contributed by atoms with Gasteiger partial charge in [-0.2, -0.15) is 9.98 Å². The van der Waals surface area contributed by atoms with Gasteiger partial charge in [0.1, 0.15) is 23.3 Å². The molecule has 1 aromatic heterocycles. The molecule has 1 aliphatic heterocycles. The van der Waals surface area contributed by atoms with Gasteiger partial charge in [0, 0.05) is 18.1 Å². The van der Waals surface area contributed by atoms with Crippen molar-refractivity contribution < 1.29 is 0 Å². The first-order valence-corrected chi connectivity index (χ1v) is 10.4. The Morgan fingerprint density at radius 3 is 2.79 bits per heavy atom. The number of allylic oxidation sites excluding steroid dienone is 4. The molecule has 0 aliphatic carbocycles. The van der Waals surface area contributed by atoms with Gasteiger partial charge in [0.2, 0.25) is 5.96 Å². The zero-order valence-electron chi connectivity index (χ0n) is 18.5. The molecule has 172 valence electrons. The average molecular weight is 476 g/mol. The third-order valence-electron chi connectivity index (χ3n) is 4.68. The number of guanidine groups is 1. The highest BCUT2D eigenvalue weighted by atomic mass is 35.5. The minimum Gasteiger partial charge on any atom is -0.382 e. The normalized spacial score (nSPS) is 16.7. The summed E-state index contributed by atoms with van der Waals surface area (Å²) in [5.74, 6) is 2.38. The number of nitrogens with one attached hydrogen (secondary N) is 1. The van der Waals surface area contributed by atoms with Crippen LogP contribution in [-0.2, 0) is 0 Å². The molecule has 0 saturated heterocycles. The number of hydrogen-bond acceptors (Lipinski definition) is 8. The lowest BCUT2D eigenvalue weighted by Gasteiger charge is -2.18. The molecule has 1 unspecified atom stereocenters. The second-order valence-electron chi connectivity index (χ2n) is 6.88. The molecule has 10 nitrogen and oxygen atoms in total. The molecule has 1 aliphatic rings. The second kappa shape index (κ2) is 10.5. The lowest BCUT2D eigenvalue weighted by Crippen LogP contribution is -2.31.